The van der Waals surface area contributed by atoms with Crippen LogP contribution in [0.1, 0.15) is 35.2 Å². The summed E-state index contributed by atoms with van der Waals surface area (Å²) < 4.78 is 4.81. The fraction of sp³-hybridized carbons (Fsp3) is 0.296. The minimum Gasteiger partial charge on any atom is -0.468 e. The number of aromatic nitrogens is 2. The highest BCUT2D eigenvalue weighted by molar-refractivity contribution is 7.21. The summed E-state index contributed by atoms with van der Waals surface area (Å²) in [5, 5.41) is 1.01. The van der Waals surface area contributed by atoms with Crippen molar-refractivity contribution in [3.05, 3.63) is 83.0 Å². The first-order valence-electron chi connectivity index (χ1n) is 11.4. The summed E-state index contributed by atoms with van der Waals surface area (Å²) in [6, 6.07) is 21.6. The number of benzene rings is 2. The third-order valence-corrected chi connectivity index (χ3v) is 7.96. The van der Waals surface area contributed by atoms with Crippen molar-refractivity contribution in [1.82, 2.24) is 14.9 Å². The highest BCUT2D eigenvalue weighted by Crippen LogP contribution is 2.53. The fourth-order valence-electron chi connectivity index (χ4n) is 4.91. The number of fused-ring (bicyclic) bond motifs is 2. The number of hydrogen-bond donors (Lipinski definition) is 0. The monoisotopic (exact) mass is 455 g/mol. The van der Waals surface area contributed by atoms with Crippen molar-refractivity contribution in [1.29, 1.82) is 0 Å². The molecule has 3 heterocycles. The van der Waals surface area contributed by atoms with Crippen molar-refractivity contribution in [2.45, 2.75) is 31.2 Å². The summed E-state index contributed by atoms with van der Waals surface area (Å²) in [6.07, 6.45) is 3.23. The molecule has 0 saturated heterocycles. The first-order chi connectivity index (χ1) is 16.1. The molecule has 0 atom stereocenters. The lowest BCUT2D eigenvalue weighted by molar-refractivity contribution is -0.142. The van der Waals surface area contributed by atoms with Crippen LogP contribution < -0.4 is 0 Å². The van der Waals surface area contributed by atoms with Crippen LogP contribution in [0.5, 0.6) is 0 Å². The predicted octanol–water partition coefficient (Wildman–Crippen LogP) is 4.97. The van der Waals surface area contributed by atoms with Crippen LogP contribution in [0.2, 0.25) is 0 Å². The summed E-state index contributed by atoms with van der Waals surface area (Å²) in [5.41, 5.74) is 7.30. The van der Waals surface area contributed by atoms with E-state index in [2.05, 4.69) is 65.6 Å². The Kier molecular flexibility index (Phi) is 5.00. The zero-order valence-corrected chi connectivity index (χ0v) is 19.4. The predicted molar refractivity (Wildman–Crippen MR) is 130 cm³/mol. The molecule has 0 N–H and O–H groups in total. The van der Waals surface area contributed by atoms with E-state index < -0.39 is 0 Å². The van der Waals surface area contributed by atoms with Crippen LogP contribution in [0.3, 0.4) is 0 Å². The van der Waals surface area contributed by atoms with Crippen molar-refractivity contribution in [3.63, 3.8) is 0 Å². The molecule has 1 fully saturated rings. The van der Waals surface area contributed by atoms with Gasteiger partial charge in [-0.2, -0.15) is 0 Å². The van der Waals surface area contributed by atoms with Crippen LogP contribution in [-0.2, 0) is 27.9 Å². The fourth-order valence-corrected chi connectivity index (χ4v) is 5.84. The minimum atomic E-state index is -0.184. The summed E-state index contributed by atoms with van der Waals surface area (Å²) in [4.78, 5) is 24.7. The molecular weight excluding hydrogens is 430 g/mol. The van der Waals surface area contributed by atoms with Crippen LogP contribution >= 0.6 is 11.3 Å². The zero-order chi connectivity index (χ0) is 22.4. The summed E-state index contributed by atoms with van der Waals surface area (Å²) in [6.45, 7) is 1.98. The van der Waals surface area contributed by atoms with Crippen LogP contribution in [-0.4, -0.2) is 41.0 Å². The molecule has 0 bridgehead atoms. The van der Waals surface area contributed by atoms with Crippen molar-refractivity contribution in [3.8, 4) is 10.6 Å². The third-order valence-electron chi connectivity index (χ3n) is 6.95. The van der Waals surface area contributed by atoms with E-state index in [1.807, 2.05) is 0 Å². The molecule has 166 valence electrons. The Morgan fingerprint density at radius 3 is 2.70 bits per heavy atom. The van der Waals surface area contributed by atoms with Gasteiger partial charge in [-0.05, 0) is 54.2 Å². The first-order valence-corrected chi connectivity index (χ1v) is 12.2. The molecule has 6 heteroatoms. The van der Waals surface area contributed by atoms with Gasteiger partial charge in [-0.15, -0.1) is 0 Å². The average Bonchev–Trinajstić information content (AvgIpc) is 3.56. The highest BCUT2D eigenvalue weighted by atomic mass is 32.1. The van der Waals surface area contributed by atoms with Crippen molar-refractivity contribution < 1.29 is 9.53 Å². The van der Waals surface area contributed by atoms with E-state index in [-0.39, 0.29) is 11.4 Å². The van der Waals surface area contributed by atoms with E-state index in [4.69, 9.17) is 14.7 Å². The number of thiazole rings is 1. The van der Waals surface area contributed by atoms with E-state index >= 15 is 0 Å². The summed E-state index contributed by atoms with van der Waals surface area (Å²) >= 11 is 1.67. The van der Waals surface area contributed by atoms with E-state index in [1.165, 1.54) is 23.8 Å². The van der Waals surface area contributed by atoms with Gasteiger partial charge in [-0.3, -0.25) is 9.69 Å². The molecule has 0 radical (unpaired) electrons. The highest BCUT2D eigenvalue weighted by Gasteiger charge is 2.47. The summed E-state index contributed by atoms with van der Waals surface area (Å²) in [5.74, 6) is -0.184. The van der Waals surface area contributed by atoms with Gasteiger partial charge in [0.05, 0.1) is 19.3 Å². The Labute approximate surface area is 197 Å². The van der Waals surface area contributed by atoms with E-state index in [9.17, 15) is 4.79 Å². The SMILES string of the molecule is COC(=O)CN1CCc2cc(-c3nc4ccc(C5(c6ccccc6)CC5)nc4s3)ccc2C1. The molecule has 2 aromatic heterocycles. The standard InChI is InChI=1S/C27H25N3O2S/c1-32-24(31)17-30-14-11-18-15-19(7-8-20(18)16-30)25-28-22-9-10-23(29-26(22)33-25)27(12-13-27)21-5-3-2-4-6-21/h2-10,15H,11-14,16-17H2,1H3. The van der Waals surface area contributed by atoms with Gasteiger partial charge in [0.1, 0.15) is 15.4 Å². The Bertz CT molecular complexity index is 1340. The van der Waals surface area contributed by atoms with Gasteiger partial charge in [0, 0.05) is 24.1 Å². The normalized spacial score (nSPS) is 17.0. The third kappa shape index (κ3) is 3.73. The number of carbonyl (C=O) groups excluding carboxylic acids is 1. The number of nitrogens with zero attached hydrogens (tertiary/aromatic N) is 3. The maximum Gasteiger partial charge on any atom is 0.319 e. The molecular formula is C27H25N3O2S. The van der Waals surface area contributed by atoms with Crippen LogP contribution in [0.4, 0.5) is 0 Å². The average molecular weight is 456 g/mol. The van der Waals surface area contributed by atoms with Crippen LogP contribution in [0.25, 0.3) is 20.9 Å². The van der Waals surface area contributed by atoms with Crippen LogP contribution in [0.15, 0.2) is 60.7 Å². The molecule has 0 unspecified atom stereocenters. The number of methoxy groups -OCH3 is 1. The Hall–Kier alpha value is -3.09. The Morgan fingerprint density at radius 1 is 1.06 bits per heavy atom. The van der Waals surface area contributed by atoms with E-state index in [0.717, 1.165) is 59.0 Å². The van der Waals surface area contributed by atoms with Crippen molar-refractivity contribution >= 4 is 27.7 Å². The molecule has 6 rings (SSSR count). The second-order valence-electron chi connectivity index (χ2n) is 9.01. The number of rotatable bonds is 5. The van der Waals surface area contributed by atoms with Gasteiger partial charge in [-0.25, -0.2) is 9.97 Å². The number of esters is 1. The van der Waals surface area contributed by atoms with Gasteiger partial charge in [-0.1, -0.05) is 53.8 Å². The Balaban J connectivity index is 1.28. The molecule has 1 aliphatic carbocycles. The molecule has 33 heavy (non-hydrogen) atoms. The maximum atomic E-state index is 11.6. The zero-order valence-electron chi connectivity index (χ0n) is 18.6. The second kappa shape index (κ2) is 8.04. The van der Waals surface area contributed by atoms with Gasteiger partial charge in [0.25, 0.3) is 0 Å². The molecule has 1 saturated carbocycles. The second-order valence-corrected chi connectivity index (χ2v) is 9.99. The van der Waals surface area contributed by atoms with E-state index in [0.29, 0.717) is 6.54 Å². The lowest BCUT2D eigenvalue weighted by Gasteiger charge is -2.27. The topological polar surface area (TPSA) is 55.3 Å². The lowest BCUT2D eigenvalue weighted by atomic mass is 9.92. The smallest absolute Gasteiger partial charge is 0.319 e. The van der Waals surface area contributed by atoms with Gasteiger partial charge < -0.3 is 4.74 Å². The largest absolute Gasteiger partial charge is 0.468 e. The minimum absolute atomic E-state index is 0.0709. The maximum absolute atomic E-state index is 11.6. The quantitative estimate of drug-likeness (QED) is 0.398. The van der Waals surface area contributed by atoms with Gasteiger partial charge >= 0.3 is 5.97 Å². The molecule has 0 spiro atoms. The van der Waals surface area contributed by atoms with E-state index in [1.54, 1.807) is 11.3 Å². The van der Waals surface area contributed by atoms with Crippen LogP contribution in [0, 0.1) is 0 Å². The van der Waals surface area contributed by atoms with Gasteiger partial charge in [0.2, 0.25) is 0 Å². The first kappa shape index (κ1) is 20.5. The Morgan fingerprint density at radius 2 is 1.91 bits per heavy atom. The van der Waals surface area contributed by atoms with Crippen molar-refractivity contribution in [2.24, 2.45) is 0 Å². The molecule has 2 aromatic carbocycles. The molecule has 2 aliphatic rings. The molecule has 4 aromatic rings. The molecule has 0 amide bonds. The summed E-state index contributed by atoms with van der Waals surface area (Å²) in [7, 11) is 1.44. The number of carbonyl (C=O) groups is 1. The molecule has 1 aliphatic heterocycles. The lowest BCUT2D eigenvalue weighted by Crippen LogP contribution is -2.35. The van der Waals surface area contributed by atoms with Gasteiger partial charge in [0.15, 0.2) is 0 Å². The number of ether oxygens (including phenoxy) is 1. The van der Waals surface area contributed by atoms with Crippen molar-refractivity contribution in [2.75, 3.05) is 20.2 Å². The number of hydrogen-bond acceptors (Lipinski definition) is 6. The molecule has 5 nitrogen and oxygen atoms in total. The number of pyridine rings is 1.